The van der Waals surface area contributed by atoms with Gasteiger partial charge in [0.1, 0.15) is 12.7 Å². The number of aromatic nitrogens is 3. The van der Waals surface area contributed by atoms with Gasteiger partial charge in [-0.05, 0) is 36.8 Å². The van der Waals surface area contributed by atoms with E-state index in [2.05, 4.69) is 10.1 Å². The lowest BCUT2D eigenvalue weighted by Gasteiger charge is -2.32. The van der Waals surface area contributed by atoms with E-state index >= 15 is 0 Å². The average molecular weight is 342 g/mol. The van der Waals surface area contributed by atoms with Crippen LogP contribution in [-0.4, -0.2) is 49.7 Å². The summed E-state index contributed by atoms with van der Waals surface area (Å²) in [6.07, 6.45) is 6.07. The van der Waals surface area contributed by atoms with Gasteiger partial charge in [-0.1, -0.05) is 18.2 Å². The number of likely N-dealkylation sites (tertiary alicyclic amines) is 1. The molecular formula is C18H22N4O3. The van der Waals surface area contributed by atoms with E-state index in [-0.39, 0.29) is 5.91 Å². The number of piperidine rings is 1. The molecule has 0 spiro atoms. The topological polar surface area (TPSA) is 88.3 Å². The van der Waals surface area contributed by atoms with Crippen LogP contribution in [0.15, 0.2) is 36.9 Å². The Morgan fingerprint density at radius 3 is 2.64 bits per heavy atom. The fourth-order valence-corrected chi connectivity index (χ4v) is 3.32. The first-order chi connectivity index (χ1) is 12.1. The zero-order valence-corrected chi connectivity index (χ0v) is 14.0. The second kappa shape index (κ2) is 7.92. The molecule has 0 unspecified atom stereocenters. The van der Waals surface area contributed by atoms with Crippen LogP contribution in [0.1, 0.15) is 35.2 Å². The van der Waals surface area contributed by atoms with E-state index < -0.39 is 5.97 Å². The minimum absolute atomic E-state index is 0.139. The number of aromatic carboxylic acids is 1. The molecule has 2 heterocycles. The smallest absolute Gasteiger partial charge is 0.335 e. The number of benzene rings is 1. The highest BCUT2D eigenvalue weighted by Crippen LogP contribution is 2.24. The average Bonchev–Trinajstić information content (AvgIpc) is 3.14. The minimum Gasteiger partial charge on any atom is -0.478 e. The second-order valence-corrected chi connectivity index (χ2v) is 6.40. The lowest BCUT2D eigenvalue weighted by Crippen LogP contribution is -2.39. The van der Waals surface area contributed by atoms with Gasteiger partial charge in [-0.25, -0.2) is 9.78 Å². The molecule has 7 nitrogen and oxygen atoms in total. The van der Waals surface area contributed by atoms with Gasteiger partial charge in [0.2, 0.25) is 5.91 Å². The zero-order valence-electron chi connectivity index (χ0n) is 14.0. The number of aryl methyl sites for hydroxylation is 1. The Balaban J connectivity index is 1.49. The lowest BCUT2D eigenvalue weighted by atomic mass is 9.88. The summed E-state index contributed by atoms with van der Waals surface area (Å²) in [6.45, 7) is 2.01. The Bertz CT molecular complexity index is 722. The van der Waals surface area contributed by atoms with E-state index in [0.717, 1.165) is 37.9 Å². The monoisotopic (exact) mass is 342 g/mol. The van der Waals surface area contributed by atoms with Gasteiger partial charge < -0.3 is 10.0 Å². The highest BCUT2D eigenvalue weighted by atomic mass is 16.4. The van der Waals surface area contributed by atoms with Gasteiger partial charge in [-0.2, -0.15) is 5.10 Å². The number of hydrogen-bond acceptors (Lipinski definition) is 4. The molecular weight excluding hydrogens is 320 g/mol. The molecule has 3 rings (SSSR count). The number of carboxylic acids is 1. The van der Waals surface area contributed by atoms with Crippen LogP contribution in [0.4, 0.5) is 0 Å². The Morgan fingerprint density at radius 2 is 1.96 bits per heavy atom. The molecule has 1 fully saturated rings. The molecule has 0 radical (unpaired) electrons. The molecule has 1 aromatic carbocycles. The number of hydrogen-bond donors (Lipinski definition) is 1. The van der Waals surface area contributed by atoms with Gasteiger partial charge in [0.25, 0.3) is 0 Å². The first kappa shape index (κ1) is 17.1. The van der Waals surface area contributed by atoms with Gasteiger partial charge >= 0.3 is 5.97 Å². The second-order valence-electron chi connectivity index (χ2n) is 6.40. The van der Waals surface area contributed by atoms with E-state index in [1.54, 1.807) is 23.1 Å². The molecule has 25 heavy (non-hydrogen) atoms. The summed E-state index contributed by atoms with van der Waals surface area (Å²) >= 11 is 0. The van der Waals surface area contributed by atoms with Gasteiger partial charge in [-0.3, -0.25) is 9.48 Å². The van der Waals surface area contributed by atoms with Crippen molar-refractivity contribution in [3.8, 4) is 0 Å². The van der Waals surface area contributed by atoms with Crippen molar-refractivity contribution in [3.63, 3.8) is 0 Å². The largest absolute Gasteiger partial charge is 0.478 e. The van der Waals surface area contributed by atoms with Gasteiger partial charge in [0, 0.05) is 19.5 Å². The van der Waals surface area contributed by atoms with Crippen molar-refractivity contribution >= 4 is 11.9 Å². The van der Waals surface area contributed by atoms with E-state index in [4.69, 9.17) is 0 Å². The summed E-state index contributed by atoms with van der Waals surface area (Å²) in [5.41, 5.74) is 1.26. The Labute approximate surface area is 146 Å². The quantitative estimate of drug-likeness (QED) is 0.865. The summed E-state index contributed by atoms with van der Waals surface area (Å²) < 4.78 is 1.66. The van der Waals surface area contributed by atoms with Crippen molar-refractivity contribution in [3.05, 3.63) is 48.0 Å². The Hall–Kier alpha value is -2.70. The third-order valence-corrected chi connectivity index (χ3v) is 4.74. The number of rotatable bonds is 6. The molecule has 0 aliphatic carbocycles. The Kier molecular flexibility index (Phi) is 5.42. The number of carbonyl (C=O) groups is 2. The van der Waals surface area contributed by atoms with Crippen molar-refractivity contribution in [1.82, 2.24) is 19.7 Å². The molecule has 1 amide bonds. The summed E-state index contributed by atoms with van der Waals surface area (Å²) in [5, 5.41) is 13.3. The molecule has 0 atom stereocenters. The highest BCUT2D eigenvalue weighted by Gasteiger charge is 2.24. The highest BCUT2D eigenvalue weighted by molar-refractivity contribution is 5.89. The number of carboxylic acid groups (broad SMARTS) is 1. The van der Waals surface area contributed by atoms with E-state index in [1.165, 1.54) is 6.33 Å². The fourth-order valence-electron chi connectivity index (χ4n) is 3.32. The van der Waals surface area contributed by atoms with E-state index in [9.17, 15) is 14.7 Å². The predicted molar refractivity (Wildman–Crippen MR) is 91.0 cm³/mol. The molecule has 132 valence electrons. The number of carbonyl (C=O) groups excluding carboxylic acids is 1. The van der Waals surface area contributed by atoms with Crippen LogP contribution in [0.2, 0.25) is 0 Å². The third-order valence-electron chi connectivity index (χ3n) is 4.74. The molecule has 7 heteroatoms. The van der Waals surface area contributed by atoms with Gasteiger partial charge in [0.15, 0.2) is 0 Å². The van der Waals surface area contributed by atoms with Crippen LogP contribution < -0.4 is 0 Å². The zero-order chi connectivity index (χ0) is 17.6. The minimum atomic E-state index is -0.878. The first-order valence-electron chi connectivity index (χ1n) is 8.55. The molecule has 0 bridgehead atoms. The molecule has 0 saturated carbocycles. The van der Waals surface area contributed by atoms with Crippen LogP contribution in [-0.2, 0) is 17.8 Å². The summed E-state index contributed by atoms with van der Waals surface area (Å²) in [4.78, 5) is 29.4. The third kappa shape index (κ3) is 4.43. The number of amides is 1. The molecule has 1 aliphatic heterocycles. The molecule has 1 aromatic heterocycles. The van der Waals surface area contributed by atoms with Crippen molar-refractivity contribution in [1.29, 1.82) is 0 Å². The van der Waals surface area contributed by atoms with Crippen molar-refractivity contribution in [2.75, 3.05) is 13.1 Å². The lowest BCUT2D eigenvalue weighted by molar-refractivity contribution is -0.132. The van der Waals surface area contributed by atoms with Crippen molar-refractivity contribution < 1.29 is 14.7 Å². The van der Waals surface area contributed by atoms with Crippen LogP contribution >= 0.6 is 0 Å². The van der Waals surface area contributed by atoms with Crippen LogP contribution in [0.5, 0.6) is 0 Å². The Morgan fingerprint density at radius 1 is 1.20 bits per heavy atom. The maximum atomic E-state index is 12.3. The van der Waals surface area contributed by atoms with E-state index in [0.29, 0.717) is 24.4 Å². The SMILES string of the molecule is O=C(O)c1ccccc1CC1CCN(C(=O)CCn2cncn2)CC1. The van der Waals surface area contributed by atoms with Crippen molar-refractivity contribution in [2.24, 2.45) is 5.92 Å². The van der Waals surface area contributed by atoms with Crippen molar-refractivity contribution in [2.45, 2.75) is 32.2 Å². The fraction of sp³-hybridized carbons (Fsp3) is 0.444. The summed E-state index contributed by atoms with van der Waals surface area (Å²) in [6, 6.07) is 7.17. The molecule has 1 saturated heterocycles. The molecule has 1 N–H and O–H groups in total. The van der Waals surface area contributed by atoms with Crippen LogP contribution in [0.3, 0.4) is 0 Å². The summed E-state index contributed by atoms with van der Waals surface area (Å²) in [7, 11) is 0. The first-order valence-corrected chi connectivity index (χ1v) is 8.55. The van der Waals surface area contributed by atoms with Crippen LogP contribution in [0.25, 0.3) is 0 Å². The normalized spacial score (nSPS) is 15.3. The number of nitrogens with zero attached hydrogens (tertiary/aromatic N) is 4. The van der Waals surface area contributed by atoms with Gasteiger partial charge in [0.05, 0.1) is 12.1 Å². The summed E-state index contributed by atoms with van der Waals surface area (Å²) in [5.74, 6) is -0.323. The van der Waals surface area contributed by atoms with Crippen LogP contribution in [0, 0.1) is 5.92 Å². The van der Waals surface area contributed by atoms with Gasteiger partial charge in [-0.15, -0.1) is 0 Å². The maximum absolute atomic E-state index is 12.3. The van der Waals surface area contributed by atoms with E-state index in [1.807, 2.05) is 17.0 Å². The molecule has 2 aromatic rings. The molecule has 1 aliphatic rings. The predicted octanol–water partition coefficient (Wildman–Crippen LogP) is 1.85. The standard InChI is InChI=1S/C18H22N4O3/c23-17(7-10-22-13-19-12-20-22)21-8-5-14(6-9-21)11-15-3-1-2-4-16(15)18(24)25/h1-4,12-14H,5-11H2,(H,24,25). The maximum Gasteiger partial charge on any atom is 0.335 e.